The molecule has 1 fully saturated rings. The summed E-state index contributed by atoms with van der Waals surface area (Å²) in [4.78, 5) is 14.5. The number of carbonyl (C=O) groups excluding carboxylic acids is 1. The first-order chi connectivity index (χ1) is 11.5. The van der Waals surface area contributed by atoms with Gasteiger partial charge in [-0.3, -0.25) is 4.79 Å². The van der Waals surface area contributed by atoms with Gasteiger partial charge in [0, 0.05) is 30.1 Å². The number of hydrogen-bond acceptors (Lipinski definition) is 5. The summed E-state index contributed by atoms with van der Waals surface area (Å²) in [6, 6.07) is 4.49. The fourth-order valence-corrected chi connectivity index (χ4v) is 3.44. The quantitative estimate of drug-likeness (QED) is 0.736. The van der Waals surface area contributed by atoms with Gasteiger partial charge < -0.3 is 25.0 Å². The molecule has 0 aliphatic carbocycles. The SMILES string of the molecule is CCC[C@@]1(CO)CN(C(=O)c2cc(O)cc(OCC)c2)CC[C@H]1O. The zero-order chi connectivity index (χ0) is 17.7. The number of benzene rings is 1. The molecule has 2 rings (SSSR count). The number of aromatic hydroxyl groups is 1. The molecule has 1 amide bonds. The lowest BCUT2D eigenvalue weighted by Crippen LogP contribution is -2.55. The summed E-state index contributed by atoms with van der Waals surface area (Å²) in [6.07, 6.45) is 1.29. The fraction of sp³-hybridized carbons (Fsp3) is 0.611. The molecule has 0 bridgehead atoms. The van der Waals surface area contributed by atoms with Crippen LogP contribution in [-0.4, -0.2) is 58.5 Å². The molecule has 1 aromatic carbocycles. The van der Waals surface area contributed by atoms with Crippen molar-refractivity contribution in [2.75, 3.05) is 26.3 Å². The number of aliphatic hydroxyl groups excluding tert-OH is 2. The first kappa shape index (κ1) is 18.5. The molecule has 6 heteroatoms. The molecular formula is C18H27NO5. The highest BCUT2D eigenvalue weighted by Gasteiger charge is 2.43. The van der Waals surface area contributed by atoms with Crippen molar-refractivity contribution in [1.82, 2.24) is 4.90 Å². The highest BCUT2D eigenvalue weighted by molar-refractivity contribution is 5.95. The van der Waals surface area contributed by atoms with E-state index in [0.29, 0.717) is 43.9 Å². The number of ether oxygens (including phenoxy) is 1. The van der Waals surface area contributed by atoms with E-state index in [0.717, 1.165) is 6.42 Å². The van der Waals surface area contributed by atoms with E-state index in [2.05, 4.69) is 0 Å². The number of likely N-dealkylation sites (tertiary alicyclic amines) is 1. The maximum atomic E-state index is 12.8. The minimum absolute atomic E-state index is 0.0247. The van der Waals surface area contributed by atoms with E-state index in [1.165, 1.54) is 12.1 Å². The van der Waals surface area contributed by atoms with Crippen molar-refractivity contribution in [2.24, 2.45) is 5.41 Å². The van der Waals surface area contributed by atoms with Crippen molar-refractivity contribution in [2.45, 2.75) is 39.2 Å². The van der Waals surface area contributed by atoms with Crippen molar-refractivity contribution < 1.29 is 24.9 Å². The molecule has 0 radical (unpaired) electrons. The molecule has 3 N–H and O–H groups in total. The Kier molecular flexibility index (Phi) is 6.07. The lowest BCUT2D eigenvalue weighted by molar-refractivity contribution is -0.0720. The van der Waals surface area contributed by atoms with Gasteiger partial charge in [-0.05, 0) is 31.9 Å². The predicted octanol–water partition coefficient (Wildman–Crippen LogP) is 1.78. The molecular weight excluding hydrogens is 310 g/mol. The van der Waals surface area contributed by atoms with Gasteiger partial charge in [0.05, 0.1) is 19.3 Å². The zero-order valence-corrected chi connectivity index (χ0v) is 14.4. The topological polar surface area (TPSA) is 90.2 Å². The summed E-state index contributed by atoms with van der Waals surface area (Å²) >= 11 is 0. The Bertz CT molecular complexity index is 577. The minimum Gasteiger partial charge on any atom is -0.508 e. The molecule has 1 heterocycles. The second-order valence-electron chi connectivity index (χ2n) is 6.45. The zero-order valence-electron chi connectivity index (χ0n) is 14.4. The molecule has 0 saturated carbocycles. The van der Waals surface area contributed by atoms with Crippen molar-refractivity contribution in [3.63, 3.8) is 0 Å². The third kappa shape index (κ3) is 3.82. The number of carbonyl (C=O) groups is 1. The van der Waals surface area contributed by atoms with E-state index >= 15 is 0 Å². The molecule has 6 nitrogen and oxygen atoms in total. The molecule has 1 aliphatic heterocycles. The Balaban J connectivity index is 2.23. The van der Waals surface area contributed by atoms with Crippen LogP contribution in [0.2, 0.25) is 0 Å². The number of piperidine rings is 1. The van der Waals surface area contributed by atoms with Gasteiger partial charge in [-0.15, -0.1) is 0 Å². The van der Waals surface area contributed by atoms with Crippen molar-refractivity contribution >= 4 is 5.91 Å². The van der Waals surface area contributed by atoms with Gasteiger partial charge in [0.25, 0.3) is 5.91 Å². The van der Waals surface area contributed by atoms with E-state index in [9.17, 15) is 20.1 Å². The third-order valence-electron chi connectivity index (χ3n) is 4.68. The van der Waals surface area contributed by atoms with Crippen molar-refractivity contribution in [3.8, 4) is 11.5 Å². The van der Waals surface area contributed by atoms with E-state index in [-0.39, 0.29) is 18.3 Å². The Morgan fingerprint density at radius 2 is 2.12 bits per heavy atom. The third-order valence-corrected chi connectivity index (χ3v) is 4.68. The number of rotatable bonds is 6. The first-order valence-electron chi connectivity index (χ1n) is 8.50. The van der Waals surface area contributed by atoms with Crippen LogP contribution < -0.4 is 4.74 Å². The van der Waals surface area contributed by atoms with E-state index in [1.807, 2.05) is 13.8 Å². The van der Waals surface area contributed by atoms with Crippen molar-refractivity contribution in [1.29, 1.82) is 0 Å². The number of nitrogens with zero attached hydrogens (tertiary/aromatic N) is 1. The highest BCUT2D eigenvalue weighted by Crippen LogP contribution is 2.35. The predicted molar refractivity (Wildman–Crippen MR) is 90.2 cm³/mol. The van der Waals surface area contributed by atoms with E-state index in [1.54, 1.807) is 11.0 Å². The van der Waals surface area contributed by atoms with Crippen LogP contribution in [0.4, 0.5) is 0 Å². The van der Waals surface area contributed by atoms with Crippen LogP contribution in [0.25, 0.3) is 0 Å². The van der Waals surface area contributed by atoms with Gasteiger partial charge in [-0.2, -0.15) is 0 Å². The minimum atomic E-state index is -0.678. The number of phenolic OH excluding ortho intramolecular Hbond substituents is 1. The molecule has 134 valence electrons. The van der Waals surface area contributed by atoms with Gasteiger partial charge >= 0.3 is 0 Å². The number of aliphatic hydroxyl groups is 2. The van der Waals surface area contributed by atoms with Crippen LogP contribution in [0.15, 0.2) is 18.2 Å². The van der Waals surface area contributed by atoms with Gasteiger partial charge in [0.1, 0.15) is 11.5 Å². The summed E-state index contributed by atoms with van der Waals surface area (Å²) in [5.74, 6) is 0.191. The van der Waals surface area contributed by atoms with E-state index < -0.39 is 11.5 Å². The highest BCUT2D eigenvalue weighted by atomic mass is 16.5. The van der Waals surface area contributed by atoms with Crippen LogP contribution in [0.5, 0.6) is 11.5 Å². The standard InChI is InChI=1S/C18H27NO5/c1-3-6-18(12-20)11-19(7-5-16(18)22)17(23)13-8-14(21)10-15(9-13)24-4-2/h8-10,16,20-22H,3-7,11-12H2,1-2H3/t16-,18+/m1/s1. The van der Waals surface area contributed by atoms with E-state index in [4.69, 9.17) is 4.74 Å². The van der Waals surface area contributed by atoms with Gasteiger partial charge in [-0.1, -0.05) is 13.3 Å². The maximum Gasteiger partial charge on any atom is 0.254 e. The molecule has 1 aliphatic rings. The molecule has 1 aromatic rings. The molecule has 0 aromatic heterocycles. The smallest absolute Gasteiger partial charge is 0.254 e. The van der Waals surface area contributed by atoms with Crippen LogP contribution >= 0.6 is 0 Å². The maximum absolute atomic E-state index is 12.8. The summed E-state index contributed by atoms with van der Waals surface area (Å²) in [5.41, 5.74) is -0.333. The molecule has 0 unspecified atom stereocenters. The Hall–Kier alpha value is -1.79. The monoisotopic (exact) mass is 337 g/mol. The van der Waals surface area contributed by atoms with Crippen LogP contribution in [0.1, 0.15) is 43.5 Å². The normalized spacial score (nSPS) is 24.0. The average Bonchev–Trinajstić information content (AvgIpc) is 2.56. The Morgan fingerprint density at radius 3 is 2.75 bits per heavy atom. The summed E-state index contributed by atoms with van der Waals surface area (Å²) in [7, 11) is 0. The van der Waals surface area contributed by atoms with Crippen LogP contribution in [0.3, 0.4) is 0 Å². The largest absolute Gasteiger partial charge is 0.508 e. The first-order valence-corrected chi connectivity index (χ1v) is 8.50. The van der Waals surface area contributed by atoms with Crippen LogP contribution in [-0.2, 0) is 0 Å². The fourth-order valence-electron chi connectivity index (χ4n) is 3.44. The van der Waals surface area contributed by atoms with Gasteiger partial charge in [-0.25, -0.2) is 0 Å². The molecule has 24 heavy (non-hydrogen) atoms. The molecule has 2 atom stereocenters. The Labute approximate surface area is 142 Å². The molecule has 0 spiro atoms. The number of phenols is 1. The average molecular weight is 337 g/mol. The second-order valence-corrected chi connectivity index (χ2v) is 6.45. The summed E-state index contributed by atoms with van der Waals surface area (Å²) in [6.45, 7) is 4.83. The van der Waals surface area contributed by atoms with Crippen molar-refractivity contribution in [3.05, 3.63) is 23.8 Å². The number of hydrogen-bond donors (Lipinski definition) is 3. The van der Waals surface area contributed by atoms with Gasteiger partial charge in [0.15, 0.2) is 0 Å². The van der Waals surface area contributed by atoms with Crippen LogP contribution in [0, 0.1) is 5.41 Å². The summed E-state index contributed by atoms with van der Waals surface area (Å²) in [5, 5.41) is 29.9. The second kappa shape index (κ2) is 7.85. The number of amides is 1. The molecule has 1 saturated heterocycles. The lowest BCUT2D eigenvalue weighted by Gasteiger charge is -2.45. The van der Waals surface area contributed by atoms with Gasteiger partial charge in [0.2, 0.25) is 0 Å². The lowest BCUT2D eigenvalue weighted by atomic mass is 9.74. The summed E-state index contributed by atoms with van der Waals surface area (Å²) < 4.78 is 5.37. The Morgan fingerprint density at radius 1 is 1.38 bits per heavy atom.